The molecular weight excluding hydrogens is 242 g/mol. The molecule has 0 atom stereocenters. The van der Waals surface area contributed by atoms with Gasteiger partial charge >= 0.3 is 0 Å². The lowest BCUT2D eigenvalue weighted by Gasteiger charge is -2.03. The predicted molar refractivity (Wildman–Crippen MR) is 65.7 cm³/mol. The average molecular weight is 252 g/mol. The van der Waals surface area contributed by atoms with Crippen LogP contribution in [-0.2, 0) is 6.61 Å². The highest BCUT2D eigenvalue weighted by molar-refractivity contribution is 7.99. The molecule has 0 aliphatic heterocycles. The van der Waals surface area contributed by atoms with E-state index in [1.54, 1.807) is 12.3 Å². The van der Waals surface area contributed by atoms with Crippen molar-refractivity contribution in [1.82, 2.24) is 4.98 Å². The smallest absolute Gasteiger partial charge is 0.119 e. The van der Waals surface area contributed by atoms with Crippen molar-refractivity contribution in [3.05, 3.63) is 53.2 Å². The van der Waals surface area contributed by atoms with Crippen molar-refractivity contribution in [3.63, 3.8) is 0 Å². The summed E-state index contributed by atoms with van der Waals surface area (Å²) in [6, 6.07) is 11.3. The van der Waals surface area contributed by atoms with E-state index in [0.717, 1.165) is 15.5 Å². The standard InChI is InChI=1S/C12H10ClNOS/c13-11-2-1-7-14-12(11)16-10-5-3-9(8-15)4-6-10/h1-7,15H,8H2. The van der Waals surface area contributed by atoms with Crippen molar-refractivity contribution in [2.24, 2.45) is 0 Å². The number of aliphatic hydroxyl groups excluding tert-OH is 1. The van der Waals surface area contributed by atoms with Gasteiger partial charge in [0.2, 0.25) is 0 Å². The molecule has 0 aliphatic carbocycles. The highest BCUT2D eigenvalue weighted by Gasteiger charge is 2.03. The van der Waals surface area contributed by atoms with Crippen LogP contribution in [0, 0.1) is 0 Å². The molecule has 0 saturated heterocycles. The molecule has 2 nitrogen and oxygen atoms in total. The van der Waals surface area contributed by atoms with Crippen molar-refractivity contribution >= 4 is 23.4 Å². The van der Waals surface area contributed by atoms with Gasteiger partial charge in [-0.25, -0.2) is 4.98 Å². The number of halogens is 1. The fourth-order valence-electron chi connectivity index (χ4n) is 1.22. The first-order chi connectivity index (χ1) is 7.79. The number of benzene rings is 1. The van der Waals surface area contributed by atoms with E-state index in [9.17, 15) is 0 Å². The van der Waals surface area contributed by atoms with E-state index in [1.165, 1.54) is 11.8 Å². The van der Waals surface area contributed by atoms with E-state index in [2.05, 4.69) is 4.98 Å². The van der Waals surface area contributed by atoms with Gasteiger partial charge in [-0.15, -0.1) is 0 Å². The van der Waals surface area contributed by atoms with Crippen LogP contribution in [0.3, 0.4) is 0 Å². The maximum Gasteiger partial charge on any atom is 0.119 e. The Balaban J connectivity index is 2.18. The Kier molecular flexibility index (Phi) is 3.83. The molecule has 2 aromatic rings. The molecular formula is C12H10ClNOS. The zero-order valence-corrected chi connectivity index (χ0v) is 10.0. The number of aliphatic hydroxyl groups is 1. The summed E-state index contributed by atoms with van der Waals surface area (Å²) in [5.41, 5.74) is 0.900. The van der Waals surface area contributed by atoms with Crippen LogP contribution in [0.4, 0.5) is 0 Å². The Hall–Kier alpha value is -1.03. The van der Waals surface area contributed by atoms with Gasteiger partial charge in [0.25, 0.3) is 0 Å². The summed E-state index contributed by atoms with van der Waals surface area (Å²) < 4.78 is 0. The molecule has 16 heavy (non-hydrogen) atoms. The molecule has 82 valence electrons. The molecule has 1 N–H and O–H groups in total. The zero-order chi connectivity index (χ0) is 11.4. The summed E-state index contributed by atoms with van der Waals surface area (Å²) >= 11 is 7.52. The summed E-state index contributed by atoms with van der Waals surface area (Å²) in [4.78, 5) is 5.25. The second-order valence-electron chi connectivity index (χ2n) is 3.19. The SMILES string of the molecule is OCc1ccc(Sc2ncccc2Cl)cc1. The first-order valence-electron chi connectivity index (χ1n) is 4.78. The van der Waals surface area contributed by atoms with Gasteiger partial charge < -0.3 is 5.11 Å². The average Bonchev–Trinajstić information content (AvgIpc) is 2.33. The number of hydrogen-bond acceptors (Lipinski definition) is 3. The Bertz CT molecular complexity index is 473. The molecule has 2 rings (SSSR count). The molecule has 1 aromatic carbocycles. The van der Waals surface area contributed by atoms with E-state index in [4.69, 9.17) is 16.7 Å². The van der Waals surface area contributed by atoms with Crippen LogP contribution in [0.1, 0.15) is 5.56 Å². The minimum absolute atomic E-state index is 0.0648. The van der Waals surface area contributed by atoms with Crippen molar-refractivity contribution < 1.29 is 5.11 Å². The molecule has 0 bridgehead atoms. The molecule has 0 fully saturated rings. The van der Waals surface area contributed by atoms with Gasteiger partial charge in [-0.3, -0.25) is 0 Å². The van der Waals surface area contributed by atoms with E-state index < -0.39 is 0 Å². The van der Waals surface area contributed by atoms with Gasteiger partial charge in [0.1, 0.15) is 5.03 Å². The van der Waals surface area contributed by atoms with Crippen LogP contribution in [0.15, 0.2) is 52.5 Å². The third-order valence-electron chi connectivity index (χ3n) is 2.05. The first-order valence-corrected chi connectivity index (χ1v) is 5.97. The fraction of sp³-hybridized carbons (Fsp3) is 0.0833. The van der Waals surface area contributed by atoms with Gasteiger partial charge in [0, 0.05) is 11.1 Å². The minimum Gasteiger partial charge on any atom is -0.392 e. The number of pyridine rings is 1. The molecule has 0 saturated carbocycles. The lowest BCUT2D eigenvalue weighted by Crippen LogP contribution is -1.83. The molecule has 0 spiro atoms. The summed E-state index contributed by atoms with van der Waals surface area (Å²) in [6.07, 6.45) is 1.72. The quantitative estimate of drug-likeness (QED) is 0.908. The normalized spacial score (nSPS) is 10.4. The summed E-state index contributed by atoms with van der Waals surface area (Å²) in [6.45, 7) is 0.0648. The number of nitrogens with zero attached hydrogens (tertiary/aromatic N) is 1. The zero-order valence-electron chi connectivity index (χ0n) is 8.43. The fourth-order valence-corrected chi connectivity index (χ4v) is 2.23. The molecule has 1 heterocycles. The van der Waals surface area contributed by atoms with E-state index in [0.29, 0.717) is 5.02 Å². The van der Waals surface area contributed by atoms with E-state index in [-0.39, 0.29) is 6.61 Å². The third-order valence-corrected chi connectivity index (χ3v) is 3.49. The van der Waals surface area contributed by atoms with Gasteiger partial charge in [0.15, 0.2) is 0 Å². The first kappa shape index (κ1) is 11.5. The second kappa shape index (κ2) is 5.34. The highest BCUT2D eigenvalue weighted by atomic mass is 35.5. The molecule has 0 unspecified atom stereocenters. The maximum atomic E-state index is 8.92. The van der Waals surface area contributed by atoms with Crippen LogP contribution >= 0.6 is 23.4 Å². The topological polar surface area (TPSA) is 33.1 Å². The number of hydrogen-bond donors (Lipinski definition) is 1. The Morgan fingerprint density at radius 1 is 1.19 bits per heavy atom. The molecule has 1 aromatic heterocycles. The lowest BCUT2D eigenvalue weighted by atomic mass is 10.2. The van der Waals surface area contributed by atoms with Crippen LogP contribution < -0.4 is 0 Å². The maximum absolute atomic E-state index is 8.92. The Morgan fingerprint density at radius 3 is 2.56 bits per heavy atom. The van der Waals surface area contributed by atoms with E-state index >= 15 is 0 Å². The summed E-state index contributed by atoms with van der Waals surface area (Å²) in [7, 11) is 0. The summed E-state index contributed by atoms with van der Waals surface area (Å²) in [5, 5.41) is 10.4. The van der Waals surface area contributed by atoms with Gasteiger partial charge in [-0.2, -0.15) is 0 Å². The molecule has 0 amide bonds. The van der Waals surface area contributed by atoms with Crippen LogP contribution in [0.2, 0.25) is 5.02 Å². The Morgan fingerprint density at radius 2 is 1.94 bits per heavy atom. The predicted octanol–water partition coefficient (Wildman–Crippen LogP) is 3.38. The van der Waals surface area contributed by atoms with Crippen LogP contribution in [-0.4, -0.2) is 10.1 Å². The van der Waals surface area contributed by atoms with Gasteiger partial charge in [-0.05, 0) is 29.8 Å². The van der Waals surface area contributed by atoms with E-state index in [1.807, 2.05) is 30.3 Å². The molecule has 0 radical (unpaired) electrons. The number of aromatic nitrogens is 1. The van der Waals surface area contributed by atoms with Crippen LogP contribution in [0.5, 0.6) is 0 Å². The lowest BCUT2D eigenvalue weighted by molar-refractivity contribution is 0.282. The summed E-state index contributed by atoms with van der Waals surface area (Å²) in [5.74, 6) is 0. The minimum atomic E-state index is 0.0648. The highest BCUT2D eigenvalue weighted by Crippen LogP contribution is 2.31. The van der Waals surface area contributed by atoms with Crippen molar-refractivity contribution in [1.29, 1.82) is 0 Å². The van der Waals surface area contributed by atoms with Crippen molar-refractivity contribution in [3.8, 4) is 0 Å². The second-order valence-corrected chi connectivity index (χ2v) is 4.66. The molecule has 4 heteroatoms. The Labute approximate surface area is 103 Å². The monoisotopic (exact) mass is 251 g/mol. The molecule has 0 aliphatic rings. The van der Waals surface area contributed by atoms with Crippen LogP contribution in [0.25, 0.3) is 0 Å². The third kappa shape index (κ3) is 2.76. The van der Waals surface area contributed by atoms with Gasteiger partial charge in [-0.1, -0.05) is 35.5 Å². The van der Waals surface area contributed by atoms with Crippen molar-refractivity contribution in [2.45, 2.75) is 16.5 Å². The van der Waals surface area contributed by atoms with Crippen molar-refractivity contribution in [2.75, 3.05) is 0 Å². The largest absolute Gasteiger partial charge is 0.392 e. The van der Waals surface area contributed by atoms with Gasteiger partial charge in [0.05, 0.1) is 11.6 Å². The number of rotatable bonds is 3.